The van der Waals surface area contributed by atoms with Gasteiger partial charge in [0.1, 0.15) is 9.09 Å². The van der Waals surface area contributed by atoms with Gasteiger partial charge >= 0.3 is 5.97 Å². The number of rotatable bonds is 5. The third kappa shape index (κ3) is 2.41. The highest BCUT2D eigenvalue weighted by atomic mass is 32.2. The van der Waals surface area contributed by atoms with E-state index in [1.807, 2.05) is 0 Å². The average molecular weight is 291 g/mol. The first-order chi connectivity index (χ1) is 8.38. The van der Waals surface area contributed by atoms with Crippen LogP contribution in [0.2, 0.25) is 0 Å². The number of carboxylic acids is 1. The molecule has 6 nitrogen and oxygen atoms in total. The number of nitrogens with one attached hydrogen (secondary N) is 1. The predicted molar refractivity (Wildman–Crippen MR) is 65.3 cm³/mol. The maximum atomic E-state index is 12.0. The Morgan fingerprint density at radius 1 is 1.44 bits per heavy atom. The highest BCUT2D eigenvalue weighted by Crippen LogP contribution is 2.33. The molecule has 1 aromatic heterocycles. The smallest absolute Gasteiger partial charge is 0.345 e. The van der Waals surface area contributed by atoms with Gasteiger partial charge in [-0.05, 0) is 31.4 Å². The maximum absolute atomic E-state index is 12.0. The Labute approximate surface area is 108 Å². The summed E-state index contributed by atoms with van der Waals surface area (Å²) in [5, 5.41) is 18.0. The summed E-state index contributed by atoms with van der Waals surface area (Å²) in [5.74, 6) is -1.15. The van der Waals surface area contributed by atoms with Gasteiger partial charge in [-0.2, -0.15) is 0 Å². The molecule has 0 unspecified atom stereocenters. The van der Waals surface area contributed by atoms with E-state index in [0.29, 0.717) is 24.2 Å². The van der Waals surface area contributed by atoms with Gasteiger partial charge in [0.25, 0.3) is 10.0 Å². The topological polar surface area (TPSA) is 104 Å². The molecule has 1 aromatic rings. The molecular weight excluding hydrogens is 278 g/mol. The fraction of sp³-hybridized carbons (Fsp3) is 0.500. The van der Waals surface area contributed by atoms with Crippen LogP contribution < -0.4 is 4.72 Å². The molecule has 8 heteroatoms. The summed E-state index contributed by atoms with van der Waals surface area (Å²) in [6.45, 7) is -0.247. The Bertz CT molecular complexity index is 553. The lowest BCUT2D eigenvalue weighted by molar-refractivity contribution is 0.0702. The Morgan fingerprint density at radius 2 is 2.11 bits per heavy atom. The molecule has 0 amide bonds. The number of thiophene rings is 1. The Kier molecular flexibility index (Phi) is 3.45. The van der Waals surface area contributed by atoms with Gasteiger partial charge in [0, 0.05) is 0 Å². The lowest BCUT2D eigenvalue weighted by atomic mass is 9.78. The molecule has 1 heterocycles. The van der Waals surface area contributed by atoms with Crippen LogP contribution in [0, 0.1) is 0 Å². The van der Waals surface area contributed by atoms with Gasteiger partial charge in [-0.3, -0.25) is 0 Å². The zero-order chi connectivity index (χ0) is 13.4. The summed E-state index contributed by atoms with van der Waals surface area (Å²) in [4.78, 5) is 10.7. The van der Waals surface area contributed by atoms with Crippen molar-refractivity contribution in [2.24, 2.45) is 0 Å². The van der Waals surface area contributed by atoms with Gasteiger partial charge in [0.15, 0.2) is 0 Å². The SMILES string of the molecule is O=C(O)c1ccc(S(=O)(=O)NC2(CO)CCC2)s1. The molecule has 100 valence electrons. The summed E-state index contributed by atoms with van der Waals surface area (Å²) in [6, 6.07) is 2.52. The number of carbonyl (C=O) groups is 1. The summed E-state index contributed by atoms with van der Waals surface area (Å²) < 4.78 is 26.5. The van der Waals surface area contributed by atoms with E-state index >= 15 is 0 Å². The fourth-order valence-electron chi connectivity index (χ4n) is 1.81. The second-order valence-corrected chi connectivity index (χ2v) is 7.31. The van der Waals surface area contributed by atoms with Gasteiger partial charge in [-0.25, -0.2) is 17.9 Å². The van der Waals surface area contributed by atoms with Crippen LogP contribution >= 0.6 is 11.3 Å². The van der Waals surface area contributed by atoms with Crippen molar-refractivity contribution in [3.05, 3.63) is 17.0 Å². The molecule has 0 atom stereocenters. The van der Waals surface area contributed by atoms with Crippen LogP contribution in [-0.2, 0) is 10.0 Å². The van der Waals surface area contributed by atoms with Gasteiger partial charge in [-0.15, -0.1) is 11.3 Å². The van der Waals surface area contributed by atoms with E-state index in [1.165, 1.54) is 12.1 Å². The minimum absolute atomic E-state index is 0.0259. The maximum Gasteiger partial charge on any atom is 0.345 e. The summed E-state index contributed by atoms with van der Waals surface area (Å²) in [6.07, 6.45) is 2.06. The van der Waals surface area contributed by atoms with Gasteiger partial charge in [0.05, 0.1) is 12.1 Å². The zero-order valence-corrected chi connectivity index (χ0v) is 11.1. The van der Waals surface area contributed by atoms with Crippen LogP contribution in [-0.4, -0.2) is 36.7 Å². The molecule has 0 aliphatic heterocycles. The number of aliphatic hydroxyl groups is 1. The first-order valence-electron chi connectivity index (χ1n) is 5.37. The molecule has 18 heavy (non-hydrogen) atoms. The number of hydrogen-bond donors (Lipinski definition) is 3. The van der Waals surface area contributed by atoms with Crippen LogP contribution in [0.15, 0.2) is 16.3 Å². The van der Waals surface area contributed by atoms with E-state index in [4.69, 9.17) is 5.11 Å². The van der Waals surface area contributed by atoms with E-state index in [-0.39, 0.29) is 15.7 Å². The molecule has 0 aromatic carbocycles. The van der Waals surface area contributed by atoms with Crippen LogP contribution in [0.3, 0.4) is 0 Å². The molecule has 0 bridgehead atoms. The largest absolute Gasteiger partial charge is 0.477 e. The number of hydrogen-bond acceptors (Lipinski definition) is 5. The predicted octanol–water partition coefficient (Wildman–Crippen LogP) is 0.640. The number of sulfonamides is 1. The van der Waals surface area contributed by atoms with E-state index in [1.54, 1.807) is 0 Å². The third-order valence-electron chi connectivity index (χ3n) is 3.02. The van der Waals surface area contributed by atoms with Crippen LogP contribution in [0.1, 0.15) is 28.9 Å². The van der Waals surface area contributed by atoms with Gasteiger partial charge < -0.3 is 10.2 Å². The van der Waals surface area contributed by atoms with Gasteiger partial charge in [0.2, 0.25) is 0 Å². The van der Waals surface area contributed by atoms with Crippen LogP contribution in [0.5, 0.6) is 0 Å². The quantitative estimate of drug-likeness (QED) is 0.738. The number of aromatic carboxylic acids is 1. The number of aliphatic hydroxyl groups excluding tert-OH is 1. The first-order valence-corrected chi connectivity index (χ1v) is 7.66. The zero-order valence-electron chi connectivity index (χ0n) is 9.42. The Balaban J connectivity index is 2.22. The molecule has 1 aliphatic carbocycles. The summed E-state index contributed by atoms with van der Waals surface area (Å²) in [5.41, 5.74) is -0.772. The van der Waals surface area contributed by atoms with E-state index in [2.05, 4.69) is 4.72 Å². The first kappa shape index (κ1) is 13.5. The van der Waals surface area contributed by atoms with Crippen molar-refractivity contribution in [3.63, 3.8) is 0 Å². The monoisotopic (exact) mass is 291 g/mol. The Morgan fingerprint density at radius 3 is 2.50 bits per heavy atom. The van der Waals surface area contributed by atoms with Crippen molar-refractivity contribution >= 4 is 27.3 Å². The van der Waals surface area contributed by atoms with E-state index < -0.39 is 21.5 Å². The average Bonchev–Trinajstić information content (AvgIpc) is 2.73. The molecule has 3 N–H and O–H groups in total. The lowest BCUT2D eigenvalue weighted by Crippen LogP contribution is -2.55. The standard InChI is InChI=1S/C10H13NO5S2/c12-6-10(4-1-5-10)11-18(15,16)8-3-2-7(17-8)9(13)14/h2-3,11-12H,1,4-6H2,(H,13,14). The van der Waals surface area contributed by atoms with Crippen LogP contribution in [0.4, 0.5) is 0 Å². The van der Waals surface area contributed by atoms with E-state index in [9.17, 15) is 18.3 Å². The Hall–Kier alpha value is -0.960. The molecule has 0 radical (unpaired) electrons. The normalized spacial score (nSPS) is 18.3. The van der Waals surface area contributed by atoms with Crippen molar-refractivity contribution < 1.29 is 23.4 Å². The number of carboxylic acid groups (broad SMARTS) is 1. The van der Waals surface area contributed by atoms with Crippen molar-refractivity contribution in [3.8, 4) is 0 Å². The van der Waals surface area contributed by atoms with Crippen molar-refractivity contribution in [2.75, 3.05) is 6.61 Å². The highest BCUT2D eigenvalue weighted by molar-refractivity contribution is 7.91. The molecule has 2 rings (SSSR count). The summed E-state index contributed by atoms with van der Waals surface area (Å²) >= 11 is 0.702. The molecule has 1 fully saturated rings. The lowest BCUT2D eigenvalue weighted by Gasteiger charge is -2.40. The molecule has 0 saturated heterocycles. The minimum atomic E-state index is -3.76. The van der Waals surface area contributed by atoms with Crippen molar-refractivity contribution in [2.45, 2.75) is 29.0 Å². The highest BCUT2D eigenvalue weighted by Gasteiger charge is 2.40. The second-order valence-electron chi connectivity index (χ2n) is 4.32. The minimum Gasteiger partial charge on any atom is -0.477 e. The summed E-state index contributed by atoms with van der Waals surface area (Å²) in [7, 11) is -3.76. The third-order valence-corrected chi connectivity index (χ3v) is 6.16. The second kappa shape index (κ2) is 4.61. The van der Waals surface area contributed by atoms with Crippen LogP contribution in [0.25, 0.3) is 0 Å². The van der Waals surface area contributed by atoms with Gasteiger partial charge in [-0.1, -0.05) is 0 Å². The fourth-order valence-corrected chi connectivity index (χ4v) is 4.41. The van der Waals surface area contributed by atoms with Crippen molar-refractivity contribution in [1.29, 1.82) is 0 Å². The van der Waals surface area contributed by atoms with Crippen molar-refractivity contribution in [1.82, 2.24) is 4.72 Å². The molecule has 1 saturated carbocycles. The molecule has 1 aliphatic rings. The van der Waals surface area contributed by atoms with E-state index in [0.717, 1.165) is 6.42 Å². The molecule has 0 spiro atoms. The molecular formula is C10H13NO5S2.